The van der Waals surface area contributed by atoms with Gasteiger partial charge in [0.1, 0.15) is 42.3 Å². The van der Waals surface area contributed by atoms with Crippen molar-refractivity contribution >= 4 is 71.1 Å². The molecule has 17 N–H and O–H groups in total. The van der Waals surface area contributed by atoms with Crippen LogP contribution in [0.25, 0.3) is 0 Å². The number of nitrogens with zero attached hydrogens (tertiary/aromatic N) is 3. The van der Waals surface area contributed by atoms with E-state index in [4.69, 9.17) is 28.0 Å². The fraction of sp³-hybridized carbons (Fsp3) is 0.676. The average Bonchev–Trinajstić information content (AvgIpc) is 3.89. The molecule has 0 radical (unpaired) electrons. The molecule has 27 heteroatoms. The summed E-state index contributed by atoms with van der Waals surface area (Å²) in [6, 6.07) is -12.0. The van der Waals surface area contributed by atoms with Crippen LogP contribution < -0.4 is 49.5 Å². The van der Waals surface area contributed by atoms with E-state index >= 15 is 0 Å². The molecule has 0 bridgehead atoms. The van der Waals surface area contributed by atoms with Crippen LogP contribution in [-0.4, -0.2) is 175 Å². The predicted octanol–water partition coefficient (Wildman–Crippen LogP) is -6.28. The number of hydrogen-bond donors (Lipinski definition) is 13. The van der Waals surface area contributed by atoms with Crippen molar-refractivity contribution in [1.29, 1.82) is 0 Å². The molecule has 0 aliphatic carbocycles. The number of nitrogens with one attached hydrogen (secondary N) is 5. The Balaban J connectivity index is 2.26. The summed E-state index contributed by atoms with van der Waals surface area (Å²) < 4.78 is 0. The highest BCUT2D eigenvalue weighted by Gasteiger charge is 2.43. The topological polar surface area (TPSA) is 452 Å². The van der Waals surface area contributed by atoms with Gasteiger partial charge in [-0.1, -0.05) is 13.8 Å². The van der Waals surface area contributed by atoms with Crippen molar-refractivity contribution in [3.8, 4) is 0 Å². The van der Waals surface area contributed by atoms with Crippen molar-refractivity contribution in [2.75, 3.05) is 19.6 Å². The number of rotatable bonds is 25. The summed E-state index contributed by atoms with van der Waals surface area (Å²) in [5, 5.41) is 50.2. The molecule has 2 heterocycles. The monoisotopic (exact) mass is 912 g/mol. The number of hydrogen-bond acceptors (Lipinski definition) is 14. The molecule has 0 aromatic carbocycles. The lowest BCUT2D eigenvalue weighted by Crippen LogP contribution is -2.62. The van der Waals surface area contributed by atoms with Crippen molar-refractivity contribution in [3.63, 3.8) is 0 Å². The molecule has 2 fully saturated rings. The Bertz CT molecular complexity index is 1810. The van der Waals surface area contributed by atoms with E-state index in [1.54, 1.807) is 13.8 Å². The van der Waals surface area contributed by atoms with Gasteiger partial charge in [-0.2, -0.15) is 0 Å². The lowest BCUT2D eigenvalue weighted by molar-refractivity contribution is -0.146. The summed E-state index contributed by atoms with van der Waals surface area (Å²) in [7, 11) is 0. The molecule has 0 aromatic heterocycles. The van der Waals surface area contributed by atoms with Gasteiger partial charge in [-0.05, 0) is 51.4 Å². The van der Waals surface area contributed by atoms with Crippen LogP contribution in [0.4, 0.5) is 0 Å². The third kappa shape index (κ3) is 16.2. The van der Waals surface area contributed by atoms with Crippen LogP contribution in [0.1, 0.15) is 78.6 Å². The predicted molar refractivity (Wildman–Crippen MR) is 219 cm³/mol. The smallest absolute Gasteiger partial charge is 0.326 e. The summed E-state index contributed by atoms with van der Waals surface area (Å²) in [5.74, 6) is -13.1. The van der Waals surface area contributed by atoms with Gasteiger partial charge < -0.3 is 79.7 Å². The van der Waals surface area contributed by atoms with Gasteiger partial charge in [0, 0.05) is 19.6 Å². The van der Waals surface area contributed by atoms with E-state index in [0.717, 1.165) is 4.90 Å². The van der Waals surface area contributed by atoms with Crippen LogP contribution in [0, 0.1) is 5.92 Å². The van der Waals surface area contributed by atoms with Crippen LogP contribution in [-0.2, 0) is 52.7 Å². The molecule has 9 atom stereocenters. The normalized spacial score (nSPS) is 19.1. The van der Waals surface area contributed by atoms with Crippen molar-refractivity contribution < 1.29 is 73.2 Å². The SMILES string of the molecule is CC(C)[C@H](NC(=O)[C@@H]1CCCN1C(=O)[C@H](CCCN=C(N)N)NC(=O)[C@@H](N)CC(=O)O)C(=O)N[C@H](C(=O)N1CCC[C@H]1C(=O)N[C@@H](CC(=O)O)C(=O)N[C@@H](CC(N)=O)C(=O)O)[C@@H](C)O. The first-order chi connectivity index (χ1) is 29.8. The second-order valence-electron chi connectivity index (χ2n) is 15.8. The van der Waals surface area contributed by atoms with Crippen LogP contribution in [0.15, 0.2) is 4.99 Å². The summed E-state index contributed by atoms with van der Waals surface area (Å²) >= 11 is 0. The summed E-state index contributed by atoms with van der Waals surface area (Å²) in [4.78, 5) is 146. The Morgan fingerprint density at radius 2 is 1.17 bits per heavy atom. The third-order valence-electron chi connectivity index (χ3n) is 10.3. The van der Waals surface area contributed by atoms with Crippen LogP contribution in [0.5, 0.6) is 0 Å². The second-order valence-corrected chi connectivity index (χ2v) is 15.8. The molecule has 0 unspecified atom stereocenters. The first-order valence-corrected chi connectivity index (χ1v) is 20.4. The number of primary amides is 1. The number of carbonyl (C=O) groups is 11. The minimum atomic E-state index is -1.87. The molecule has 2 rings (SSSR count). The highest BCUT2D eigenvalue weighted by atomic mass is 16.4. The summed E-state index contributed by atoms with van der Waals surface area (Å²) in [5.41, 5.74) is 21.5. The van der Waals surface area contributed by atoms with E-state index < -0.39 is 145 Å². The van der Waals surface area contributed by atoms with Crippen LogP contribution in [0.2, 0.25) is 0 Å². The number of carboxylic acids is 3. The number of guanidine groups is 1. The second kappa shape index (κ2) is 24.9. The Labute approximate surface area is 366 Å². The van der Waals surface area contributed by atoms with Crippen LogP contribution in [0.3, 0.4) is 0 Å². The Morgan fingerprint density at radius 3 is 1.66 bits per heavy atom. The number of nitrogens with two attached hydrogens (primary N) is 4. The Hall–Kier alpha value is -6.64. The van der Waals surface area contributed by atoms with E-state index in [-0.39, 0.29) is 57.7 Å². The fourth-order valence-corrected chi connectivity index (χ4v) is 7.05. The maximum Gasteiger partial charge on any atom is 0.326 e. The number of amides is 8. The number of aliphatic carboxylic acids is 3. The number of carboxylic acid groups (broad SMARTS) is 3. The van der Waals surface area contributed by atoms with Gasteiger partial charge in [0.2, 0.25) is 47.3 Å². The first-order valence-electron chi connectivity index (χ1n) is 20.4. The van der Waals surface area contributed by atoms with Gasteiger partial charge >= 0.3 is 17.9 Å². The fourth-order valence-electron chi connectivity index (χ4n) is 7.05. The standard InChI is InChI=1S/C37H60N12O15/c1-16(2)27(46-32(59)23-9-5-11-48(23)34(61)19(7-4-10-42-37(40)41)43-29(56)18(38)13-25(52)53)33(60)47-28(17(3)50)35(62)49-12-6-8-22(49)31(58)44-20(15-26(54)55)30(57)45-21(36(63)64)14-24(39)51/h16-23,27-28,50H,4-15,38H2,1-3H3,(H2,39,51)(H,43,56)(H,44,58)(H,45,57)(H,46,59)(H,47,60)(H,52,53)(H,54,55)(H,63,64)(H4,40,41,42)/t17-,18+,19+,20+,21+,22+,23+,27+,28+/m1/s1. The zero-order valence-corrected chi connectivity index (χ0v) is 35.7. The molecule has 358 valence electrons. The molecular weight excluding hydrogens is 852 g/mol. The average molecular weight is 913 g/mol. The summed E-state index contributed by atoms with van der Waals surface area (Å²) in [6.45, 7) is 4.38. The van der Waals surface area contributed by atoms with Gasteiger partial charge in [0.25, 0.3) is 0 Å². The lowest BCUT2D eigenvalue weighted by atomic mass is 10.0. The number of carbonyl (C=O) groups excluding carboxylic acids is 8. The van der Waals surface area contributed by atoms with Crippen molar-refractivity contribution in [3.05, 3.63) is 0 Å². The maximum absolute atomic E-state index is 13.9. The molecular formula is C37H60N12O15. The van der Waals surface area contributed by atoms with E-state index in [2.05, 4.69) is 26.3 Å². The first kappa shape index (κ1) is 53.5. The zero-order valence-electron chi connectivity index (χ0n) is 35.7. The van der Waals surface area contributed by atoms with Gasteiger partial charge in [0.15, 0.2) is 5.96 Å². The van der Waals surface area contributed by atoms with E-state index in [1.165, 1.54) is 11.8 Å². The number of aliphatic hydroxyl groups is 1. The van der Waals surface area contributed by atoms with Gasteiger partial charge in [-0.3, -0.25) is 52.9 Å². The molecule has 27 nitrogen and oxygen atoms in total. The third-order valence-corrected chi connectivity index (χ3v) is 10.3. The largest absolute Gasteiger partial charge is 0.481 e. The minimum absolute atomic E-state index is 0.00385. The minimum Gasteiger partial charge on any atom is -0.481 e. The number of likely N-dealkylation sites (tertiary alicyclic amines) is 2. The van der Waals surface area contributed by atoms with Crippen molar-refractivity contribution in [2.45, 2.75) is 133 Å². The molecule has 0 saturated carbocycles. The number of aliphatic hydroxyl groups excluding tert-OH is 1. The lowest BCUT2D eigenvalue weighted by Gasteiger charge is -2.33. The molecule has 64 heavy (non-hydrogen) atoms. The molecule has 0 spiro atoms. The van der Waals surface area contributed by atoms with Crippen molar-refractivity contribution in [2.24, 2.45) is 33.8 Å². The summed E-state index contributed by atoms with van der Waals surface area (Å²) in [6.07, 6.45) is -3.31. The highest BCUT2D eigenvalue weighted by molar-refractivity contribution is 5.99. The van der Waals surface area contributed by atoms with Gasteiger partial charge in [-0.25, -0.2) is 4.79 Å². The molecule has 0 aromatic rings. The Kier molecular flexibility index (Phi) is 20.8. The highest BCUT2D eigenvalue weighted by Crippen LogP contribution is 2.22. The van der Waals surface area contributed by atoms with Crippen LogP contribution >= 0.6 is 0 Å². The number of aliphatic imine (C=N–C) groups is 1. The molecule has 2 saturated heterocycles. The van der Waals surface area contributed by atoms with Crippen molar-refractivity contribution in [1.82, 2.24) is 36.4 Å². The maximum atomic E-state index is 13.9. The quantitative estimate of drug-likeness (QED) is 0.0230. The van der Waals surface area contributed by atoms with E-state index in [9.17, 15) is 68.1 Å². The van der Waals surface area contributed by atoms with Gasteiger partial charge in [-0.15, -0.1) is 0 Å². The van der Waals surface area contributed by atoms with E-state index in [1.807, 2.05) is 5.32 Å². The molecule has 2 aliphatic rings. The van der Waals surface area contributed by atoms with E-state index in [0.29, 0.717) is 6.42 Å². The molecule has 2 aliphatic heterocycles. The Morgan fingerprint density at radius 1 is 0.641 bits per heavy atom. The van der Waals surface area contributed by atoms with Gasteiger partial charge in [0.05, 0.1) is 31.4 Å². The molecule has 8 amide bonds. The zero-order chi connectivity index (χ0) is 48.6.